The van der Waals surface area contributed by atoms with Crippen LogP contribution in [0.2, 0.25) is 4.34 Å². The van der Waals surface area contributed by atoms with Crippen molar-refractivity contribution in [2.45, 2.75) is 4.90 Å². The highest BCUT2D eigenvalue weighted by molar-refractivity contribution is 7.92. The predicted molar refractivity (Wildman–Crippen MR) is 114 cm³/mol. The number of sulfonamides is 1. The molecule has 10 heteroatoms. The van der Waals surface area contributed by atoms with Crippen molar-refractivity contribution in [3.8, 4) is 11.5 Å². The average molecular weight is 453 g/mol. The Morgan fingerprint density at radius 3 is 2.31 bits per heavy atom. The molecule has 0 aliphatic heterocycles. The van der Waals surface area contributed by atoms with Gasteiger partial charge in [0, 0.05) is 0 Å². The van der Waals surface area contributed by atoms with Gasteiger partial charge in [-0.05, 0) is 42.5 Å². The summed E-state index contributed by atoms with van der Waals surface area (Å²) in [6.45, 7) is 0. The summed E-state index contributed by atoms with van der Waals surface area (Å²) in [6.07, 6.45) is 0. The van der Waals surface area contributed by atoms with Gasteiger partial charge in [-0.25, -0.2) is 8.42 Å². The van der Waals surface area contributed by atoms with E-state index in [-0.39, 0.29) is 10.6 Å². The van der Waals surface area contributed by atoms with Crippen LogP contribution in [0.25, 0.3) is 0 Å². The second-order valence-electron chi connectivity index (χ2n) is 5.73. The van der Waals surface area contributed by atoms with Gasteiger partial charge in [-0.2, -0.15) is 0 Å². The summed E-state index contributed by atoms with van der Waals surface area (Å²) >= 11 is 6.98. The van der Waals surface area contributed by atoms with Gasteiger partial charge in [0.05, 0.1) is 39.7 Å². The number of methoxy groups -OCH3 is 2. The van der Waals surface area contributed by atoms with Gasteiger partial charge in [0.2, 0.25) is 0 Å². The Balaban J connectivity index is 1.91. The molecular formula is C19H17ClN2O5S2. The van der Waals surface area contributed by atoms with Gasteiger partial charge in [0.25, 0.3) is 15.9 Å². The molecule has 0 fully saturated rings. The van der Waals surface area contributed by atoms with Gasteiger partial charge in [0.15, 0.2) is 0 Å². The topological polar surface area (TPSA) is 93.7 Å². The smallest absolute Gasteiger partial charge is 0.265 e. The predicted octanol–water partition coefficient (Wildman–Crippen LogP) is 4.47. The van der Waals surface area contributed by atoms with E-state index in [2.05, 4.69) is 10.0 Å². The Morgan fingerprint density at radius 1 is 0.966 bits per heavy atom. The fourth-order valence-corrected chi connectivity index (χ4v) is 4.54. The number of para-hydroxylation sites is 2. The van der Waals surface area contributed by atoms with Crippen LogP contribution in [0, 0.1) is 0 Å². The summed E-state index contributed by atoms with van der Waals surface area (Å²) in [5.41, 5.74) is 0.509. The van der Waals surface area contributed by atoms with Crippen LogP contribution in [0.15, 0.2) is 59.5 Å². The highest BCUT2D eigenvalue weighted by Crippen LogP contribution is 2.31. The molecule has 3 rings (SSSR count). The van der Waals surface area contributed by atoms with Crippen molar-refractivity contribution in [3.05, 3.63) is 63.8 Å². The molecule has 1 heterocycles. The molecule has 3 aromatic rings. The number of carbonyl (C=O) groups excluding carboxylic acids is 1. The summed E-state index contributed by atoms with van der Waals surface area (Å²) in [5.74, 6) is 0.275. The number of amides is 1. The molecule has 0 aliphatic rings. The molecule has 7 nitrogen and oxygen atoms in total. The third kappa shape index (κ3) is 4.81. The highest BCUT2D eigenvalue weighted by atomic mass is 35.5. The summed E-state index contributed by atoms with van der Waals surface area (Å²) in [4.78, 5) is 12.8. The van der Waals surface area contributed by atoms with E-state index < -0.39 is 15.9 Å². The van der Waals surface area contributed by atoms with Crippen LogP contribution < -0.4 is 19.5 Å². The second-order valence-corrected chi connectivity index (χ2v) is 9.12. The molecule has 152 valence electrons. The lowest BCUT2D eigenvalue weighted by atomic mass is 10.3. The normalized spacial score (nSPS) is 11.0. The Labute approximate surface area is 177 Å². The number of thiophene rings is 1. The first-order valence-corrected chi connectivity index (χ1v) is 10.9. The monoisotopic (exact) mass is 452 g/mol. The largest absolute Gasteiger partial charge is 0.495 e. The van der Waals surface area contributed by atoms with Crippen molar-refractivity contribution in [1.29, 1.82) is 0 Å². The molecule has 0 aliphatic carbocycles. The third-order valence-electron chi connectivity index (χ3n) is 3.88. The number of ether oxygens (including phenoxy) is 2. The number of carbonyl (C=O) groups is 1. The van der Waals surface area contributed by atoms with Crippen LogP contribution in [0.5, 0.6) is 11.5 Å². The number of anilines is 2. The number of rotatable bonds is 7. The minimum Gasteiger partial charge on any atom is -0.495 e. The quantitative estimate of drug-likeness (QED) is 0.551. The van der Waals surface area contributed by atoms with Crippen LogP contribution in [-0.2, 0) is 10.0 Å². The van der Waals surface area contributed by atoms with Crippen molar-refractivity contribution in [3.63, 3.8) is 0 Å². The minimum absolute atomic E-state index is 0.0521. The molecule has 0 atom stereocenters. The fourth-order valence-electron chi connectivity index (χ4n) is 2.50. The van der Waals surface area contributed by atoms with Crippen LogP contribution in [0.4, 0.5) is 11.4 Å². The van der Waals surface area contributed by atoms with E-state index in [4.69, 9.17) is 21.1 Å². The third-order valence-corrected chi connectivity index (χ3v) is 6.47. The van der Waals surface area contributed by atoms with E-state index in [9.17, 15) is 13.2 Å². The molecule has 2 aromatic carbocycles. The standard InChI is InChI=1S/C19H17ClN2O5S2/c1-26-15-6-4-3-5-13(15)22-29(24,25)12-7-8-16(27-2)14(11-12)21-19(23)17-9-10-18(20)28-17/h3-11,22H,1-2H3,(H,21,23). The Hall–Kier alpha value is -2.75. The van der Waals surface area contributed by atoms with Gasteiger partial charge in [-0.3, -0.25) is 9.52 Å². The van der Waals surface area contributed by atoms with Gasteiger partial charge in [-0.15, -0.1) is 11.3 Å². The van der Waals surface area contributed by atoms with Crippen LogP contribution in [0.3, 0.4) is 0 Å². The molecule has 0 unspecified atom stereocenters. The van der Waals surface area contributed by atoms with E-state index >= 15 is 0 Å². The lowest BCUT2D eigenvalue weighted by molar-refractivity contribution is 0.103. The number of halogens is 1. The van der Waals surface area contributed by atoms with Gasteiger partial charge in [-0.1, -0.05) is 23.7 Å². The molecule has 1 aromatic heterocycles. The summed E-state index contributed by atoms with van der Waals surface area (Å²) < 4.78 is 39.1. The highest BCUT2D eigenvalue weighted by Gasteiger charge is 2.20. The lowest BCUT2D eigenvalue weighted by Crippen LogP contribution is -2.15. The number of hydrogen-bond acceptors (Lipinski definition) is 6. The molecule has 0 bridgehead atoms. The molecule has 0 saturated carbocycles. The van der Waals surface area contributed by atoms with Gasteiger partial charge in [0.1, 0.15) is 11.5 Å². The second kappa shape index (κ2) is 8.73. The molecule has 29 heavy (non-hydrogen) atoms. The maximum absolute atomic E-state index is 12.8. The van der Waals surface area contributed by atoms with Crippen molar-refractivity contribution in [2.24, 2.45) is 0 Å². The summed E-state index contributed by atoms with van der Waals surface area (Å²) in [7, 11) is -1.07. The van der Waals surface area contributed by atoms with E-state index in [0.29, 0.717) is 26.4 Å². The van der Waals surface area contributed by atoms with E-state index in [0.717, 1.165) is 11.3 Å². The first-order chi connectivity index (χ1) is 13.8. The Morgan fingerprint density at radius 2 is 1.66 bits per heavy atom. The van der Waals surface area contributed by atoms with Crippen LogP contribution in [-0.4, -0.2) is 28.5 Å². The fraction of sp³-hybridized carbons (Fsp3) is 0.105. The van der Waals surface area contributed by atoms with E-state index in [1.54, 1.807) is 36.4 Å². The summed E-state index contributed by atoms with van der Waals surface area (Å²) in [6, 6.07) is 14.0. The van der Waals surface area contributed by atoms with Crippen LogP contribution in [0.1, 0.15) is 9.67 Å². The Kier molecular flexibility index (Phi) is 6.31. The first-order valence-electron chi connectivity index (χ1n) is 8.24. The zero-order valence-corrected chi connectivity index (χ0v) is 17.8. The molecular weight excluding hydrogens is 436 g/mol. The molecule has 1 amide bonds. The number of hydrogen-bond donors (Lipinski definition) is 2. The number of benzene rings is 2. The summed E-state index contributed by atoms with van der Waals surface area (Å²) in [5, 5.41) is 2.66. The zero-order valence-electron chi connectivity index (χ0n) is 15.4. The van der Waals surface area contributed by atoms with E-state index in [1.165, 1.54) is 32.4 Å². The lowest BCUT2D eigenvalue weighted by Gasteiger charge is -2.14. The van der Waals surface area contributed by atoms with Crippen molar-refractivity contribution in [1.82, 2.24) is 0 Å². The SMILES string of the molecule is COc1ccc(S(=O)(=O)Nc2ccccc2OC)cc1NC(=O)c1ccc(Cl)s1. The van der Waals surface area contributed by atoms with Crippen molar-refractivity contribution in [2.75, 3.05) is 24.3 Å². The van der Waals surface area contributed by atoms with Crippen LogP contribution >= 0.6 is 22.9 Å². The molecule has 0 saturated heterocycles. The maximum Gasteiger partial charge on any atom is 0.265 e. The van der Waals surface area contributed by atoms with Gasteiger partial charge < -0.3 is 14.8 Å². The zero-order chi connectivity index (χ0) is 21.0. The van der Waals surface area contributed by atoms with Crippen molar-refractivity contribution < 1.29 is 22.7 Å². The van der Waals surface area contributed by atoms with Crippen molar-refractivity contribution >= 4 is 50.2 Å². The molecule has 0 radical (unpaired) electrons. The minimum atomic E-state index is -3.95. The Bertz CT molecular complexity index is 1150. The first kappa shape index (κ1) is 21.0. The van der Waals surface area contributed by atoms with Gasteiger partial charge >= 0.3 is 0 Å². The van der Waals surface area contributed by atoms with E-state index in [1.807, 2.05) is 0 Å². The maximum atomic E-state index is 12.8. The molecule has 0 spiro atoms. The number of nitrogens with one attached hydrogen (secondary N) is 2. The molecule has 2 N–H and O–H groups in total. The average Bonchev–Trinajstić information content (AvgIpc) is 3.14.